The first-order valence-electron chi connectivity index (χ1n) is 3.80. The number of aromatic carboxylic acids is 1. The van der Waals surface area contributed by atoms with Crippen molar-refractivity contribution in [3.8, 4) is 0 Å². The Hall–Kier alpha value is -0.970. The Balaban J connectivity index is 2.70. The number of aryl methyl sites for hydroxylation is 1. The molecule has 0 bridgehead atoms. The zero-order valence-electron chi connectivity index (χ0n) is 6.78. The van der Waals surface area contributed by atoms with E-state index in [1.165, 1.54) is 0 Å². The maximum absolute atomic E-state index is 10.6. The van der Waals surface area contributed by atoms with Crippen LogP contribution in [-0.2, 0) is 6.42 Å². The van der Waals surface area contributed by atoms with Crippen LogP contribution in [0.25, 0.3) is 0 Å². The molecule has 5 heteroatoms. The minimum Gasteiger partial charge on any atom is -0.477 e. The van der Waals surface area contributed by atoms with Crippen molar-refractivity contribution in [3.63, 3.8) is 0 Å². The average Bonchev–Trinajstić information content (AvgIpc) is 2.48. The van der Waals surface area contributed by atoms with E-state index < -0.39 is 5.97 Å². The molecule has 0 aliphatic rings. The van der Waals surface area contributed by atoms with Crippen molar-refractivity contribution in [2.45, 2.75) is 26.2 Å². The molecule has 0 aromatic carbocycles. The topological polar surface area (TPSA) is 63.1 Å². The Labute approximate surface area is 74.4 Å². The Morgan fingerprint density at radius 3 is 3.00 bits per heavy atom. The predicted octanol–water partition coefficient (Wildman–Crippen LogP) is 1.58. The average molecular weight is 186 g/mol. The lowest BCUT2D eigenvalue weighted by Gasteiger charge is -1.93. The molecule has 0 unspecified atom stereocenters. The van der Waals surface area contributed by atoms with Gasteiger partial charge in [-0.2, -0.15) is 0 Å². The molecule has 0 saturated heterocycles. The van der Waals surface area contributed by atoms with Gasteiger partial charge in [0.1, 0.15) is 0 Å². The molecule has 1 N–H and O–H groups in total. The summed E-state index contributed by atoms with van der Waals surface area (Å²) >= 11 is 0.947. The summed E-state index contributed by atoms with van der Waals surface area (Å²) < 4.78 is 3.61. The lowest BCUT2D eigenvalue weighted by atomic mass is 10.2. The molecule has 0 atom stereocenters. The molecule has 0 saturated carbocycles. The highest BCUT2D eigenvalue weighted by molar-refractivity contribution is 7.07. The van der Waals surface area contributed by atoms with Crippen LogP contribution in [0.4, 0.5) is 0 Å². The molecule has 0 amide bonds. The van der Waals surface area contributed by atoms with Crippen LogP contribution in [0.3, 0.4) is 0 Å². The number of carboxylic acid groups (broad SMARTS) is 1. The van der Waals surface area contributed by atoms with Gasteiger partial charge in [-0.3, -0.25) is 0 Å². The third-order valence-corrected chi connectivity index (χ3v) is 2.27. The minimum absolute atomic E-state index is 0.281. The Bertz CT molecular complexity index is 272. The Morgan fingerprint density at radius 1 is 1.67 bits per heavy atom. The van der Waals surface area contributed by atoms with Crippen molar-refractivity contribution in [1.82, 2.24) is 9.59 Å². The van der Waals surface area contributed by atoms with Crippen molar-refractivity contribution >= 4 is 17.5 Å². The quantitative estimate of drug-likeness (QED) is 0.775. The first-order chi connectivity index (χ1) is 5.75. The summed E-state index contributed by atoms with van der Waals surface area (Å²) in [4.78, 5) is 10.9. The first kappa shape index (κ1) is 9.12. The van der Waals surface area contributed by atoms with Gasteiger partial charge in [-0.05, 0) is 24.4 Å². The first-order valence-corrected chi connectivity index (χ1v) is 4.57. The van der Waals surface area contributed by atoms with Crippen LogP contribution in [0.15, 0.2) is 0 Å². The summed E-state index contributed by atoms with van der Waals surface area (Å²) in [6.45, 7) is 2.06. The molecule has 1 aromatic rings. The lowest BCUT2D eigenvalue weighted by Crippen LogP contribution is -1.98. The van der Waals surface area contributed by atoms with E-state index in [9.17, 15) is 4.79 Å². The number of hydrogen-bond acceptors (Lipinski definition) is 4. The zero-order chi connectivity index (χ0) is 8.97. The minimum atomic E-state index is -0.920. The fourth-order valence-electron chi connectivity index (χ4n) is 0.879. The van der Waals surface area contributed by atoms with Gasteiger partial charge in [0.15, 0.2) is 4.88 Å². The van der Waals surface area contributed by atoms with Crippen LogP contribution < -0.4 is 0 Å². The van der Waals surface area contributed by atoms with E-state index in [0.717, 1.165) is 24.4 Å². The maximum Gasteiger partial charge on any atom is 0.349 e. The van der Waals surface area contributed by atoms with E-state index in [1.807, 2.05) is 0 Å². The van der Waals surface area contributed by atoms with E-state index in [2.05, 4.69) is 16.5 Å². The number of hydrogen-bond donors (Lipinski definition) is 1. The highest BCUT2D eigenvalue weighted by atomic mass is 32.1. The van der Waals surface area contributed by atoms with Crippen molar-refractivity contribution in [1.29, 1.82) is 0 Å². The zero-order valence-corrected chi connectivity index (χ0v) is 7.60. The third kappa shape index (κ3) is 2.01. The molecule has 66 valence electrons. The fraction of sp³-hybridized carbons (Fsp3) is 0.571. The van der Waals surface area contributed by atoms with Gasteiger partial charge < -0.3 is 5.11 Å². The van der Waals surface area contributed by atoms with Crippen molar-refractivity contribution < 1.29 is 9.90 Å². The van der Waals surface area contributed by atoms with E-state index in [1.54, 1.807) is 0 Å². The summed E-state index contributed by atoms with van der Waals surface area (Å²) in [6, 6.07) is 0. The summed E-state index contributed by atoms with van der Waals surface area (Å²) in [5, 5.41) is 12.4. The maximum atomic E-state index is 10.6. The van der Waals surface area contributed by atoms with Gasteiger partial charge in [0.25, 0.3) is 0 Å². The number of nitrogens with zero attached hydrogens (tertiary/aromatic N) is 2. The molecular weight excluding hydrogens is 176 g/mol. The monoisotopic (exact) mass is 186 g/mol. The highest BCUT2D eigenvalue weighted by Gasteiger charge is 2.13. The summed E-state index contributed by atoms with van der Waals surface area (Å²) in [5.74, 6) is -0.920. The summed E-state index contributed by atoms with van der Waals surface area (Å²) in [7, 11) is 0. The van der Waals surface area contributed by atoms with Crippen molar-refractivity contribution in [2.75, 3.05) is 0 Å². The van der Waals surface area contributed by atoms with Crippen LogP contribution in [0.1, 0.15) is 35.1 Å². The van der Waals surface area contributed by atoms with Crippen LogP contribution in [0.5, 0.6) is 0 Å². The van der Waals surface area contributed by atoms with Gasteiger partial charge in [-0.25, -0.2) is 4.79 Å². The normalized spacial score (nSPS) is 10.1. The highest BCUT2D eigenvalue weighted by Crippen LogP contribution is 2.12. The molecule has 1 rings (SSSR count). The number of carboxylic acids is 1. The smallest absolute Gasteiger partial charge is 0.349 e. The van der Waals surface area contributed by atoms with E-state index in [-0.39, 0.29) is 4.88 Å². The predicted molar refractivity (Wildman–Crippen MR) is 45.5 cm³/mol. The number of rotatable bonds is 4. The molecule has 1 heterocycles. The Kier molecular flexibility index (Phi) is 3.16. The Morgan fingerprint density at radius 2 is 2.42 bits per heavy atom. The second-order valence-electron chi connectivity index (χ2n) is 2.46. The SMILES string of the molecule is CCCCc1nnsc1C(=O)O. The second kappa shape index (κ2) is 4.15. The van der Waals surface area contributed by atoms with Gasteiger partial charge in [0.2, 0.25) is 0 Å². The molecular formula is C7H10N2O2S. The van der Waals surface area contributed by atoms with Crippen LogP contribution >= 0.6 is 11.5 Å². The number of unbranched alkanes of at least 4 members (excludes halogenated alkanes) is 1. The number of aromatic nitrogens is 2. The van der Waals surface area contributed by atoms with Gasteiger partial charge in [0, 0.05) is 0 Å². The van der Waals surface area contributed by atoms with Crippen molar-refractivity contribution in [2.24, 2.45) is 0 Å². The standard InChI is InChI=1S/C7H10N2O2S/c1-2-3-4-5-6(7(10)11)12-9-8-5/h2-4H2,1H3,(H,10,11). The fourth-order valence-corrected chi connectivity index (χ4v) is 1.43. The van der Waals surface area contributed by atoms with E-state index in [0.29, 0.717) is 12.1 Å². The van der Waals surface area contributed by atoms with Gasteiger partial charge >= 0.3 is 5.97 Å². The lowest BCUT2D eigenvalue weighted by molar-refractivity contribution is 0.0700. The molecule has 0 aliphatic carbocycles. The van der Waals surface area contributed by atoms with Crippen LogP contribution in [-0.4, -0.2) is 20.7 Å². The van der Waals surface area contributed by atoms with Gasteiger partial charge in [-0.15, -0.1) is 5.10 Å². The van der Waals surface area contributed by atoms with Crippen LogP contribution in [0, 0.1) is 0 Å². The third-order valence-electron chi connectivity index (χ3n) is 1.52. The molecule has 0 radical (unpaired) electrons. The summed E-state index contributed by atoms with van der Waals surface area (Å²) in [6.07, 6.45) is 2.72. The van der Waals surface area contributed by atoms with Crippen LogP contribution in [0.2, 0.25) is 0 Å². The molecule has 1 aromatic heterocycles. The molecule has 0 spiro atoms. The molecule has 0 fully saturated rings. The number of carbonyl (C=O) groups is 1. The van der Waals surface area contributed by atoms with E-state index >= 15 is 0 Å². The molecule has 4 nitrogen and oxygen atoms in total. The largest absolute Gasteiger partial charge is 0.477 e. The molecule has 0 aliphatic heterocycles. The van der Waals surface area contributed by atoms with Crippen molar-refractivity contribution in [3.05, 3.63) is 10.6 Å². The summed E-state index contributed by atoms with van der Waals surface area (Å²) in [5.41, 5.74) is 0.620. The van der Waals surface area contributed by atoms with Gasteiger partial charge in [0.05, 0.1) is 5.69 Å². The van der Waals surface area contributed by atoms with Gasteiger partial charge in [-0.1, -0.05) is 17.8 Å². The van der Waals surface area contributed by atoms with E-state index in [4.69, 9.17) is 5.11 Å². The second-order valence-corrected chi connectivity index (χ2v) is 3.21. The molecule has 12 heavy (non-hydrogen) atoms.